The molecule has 3 heterocycles. The average molecular weight is 396 g/mol. The van der Waals surface area contributed by atoms with Crippen molar-refractivity contribution in [3.05, 3.63) is 46.5 Å². The van der Waals surface area contributed by atoms with Crippen molar-refractivity contribution >= 4 is 11.3 Å². The first-order valence-electron chi connectivity index (χ1n) is 10.4. The number of rotatable bonds is 6. The van der Waals surface area contributed by atoms with Crippen molar-refractivity contribution in [3.8, 4) is 22.5 Å². The molecule has 0 radical (unpaired) electrons. The minimum absolute atomic E-state index is 0.576. The highest BCUT2D eigenvalue weighted by atomic mass is 32.1. The molecule has 4 rings (SSSR count). The van der Waals surface area contributed by atoms with E-state index in [4.69, 9.17) is 9.51 Å². The van der Waals surface area contributed by atoms with Crippen LogP contribution in [0.1, 0.15) is 49.8 Å². The van der Waals surface area contributed by atoms with Crippen LogP contribution in [0.3, 0.4) is 0 Å². The van der Waals surface area contributed by atoms with Crippen LogP contribution >= 0.6 is 11.3 Å². The molecule has 1 saturated heterocycles. The Balaban J connectivity index is 1.50. The Labute approximate surface area is 171 Å². The van der Waals surface area contributed by atoms with E-state index in [9.17, 15) is 0 Å². The first-order valence-corrected chi connectivity index (χ1v) is 11.2. The zero-order chi connectivity index (χ0) is 19.5. The van der Waals surface area contributed by atoms with Crippen LogP contribution in [0.15, 0.2) is 40.2 Å². The first kappa shape index (κ1) is 19.3. The number of benzene rings is 1. The smallest absolute Gasteiger partial charge is 0.143 e. The van der Waals surface area contributed by atoms with Gasteiger partial charge in [0.2, 0.25) is 0 Å². The van der Waals surface area contributed by atoms with E-state index in [2.05, 4.69) is 41.4 Å². The minimum Gasteiger partial charge on any atom is -0.360 e. The van der Waals surface area contributed by atoms with Crippen molar-refractivity contribution in [2.75, 3.05) is 19.6 Å². The van der Waals surface area contributed by atoms with Gasteiger partial charge in [0.15, 0.2) is 0 Å². The lowest BCUT2D eigenvalue weighted by Gasteiger charge is -2.32. The number of nitrogens with zero attached hydrogens (tertiary/aromatic N) is 3. The summed E-state index contributed by atoms with van der Waals surface area (Å²) in [5.41, 5.74) is 3.99. The molecule has 28 heavy (non-hydrogen) atoms. The summed E-state index contributed by atoms with van der Waals surface area (Å²) in [5.74, 6) is 2.20. The molecule has 1 fully saturated rings. The Hall–Kier alpha value is -1.98. The molecular formula is C23H29N3OS. The molecule has 1 aliphatic rings. The van der Waals surface area contributed by atoms with Gasteiger partial charge in [-0.3, -0.25) is 0 Å². The van der Waals surface area contributed by atoms with Crippen LogP contribution in [0.4, 0.5) is 0 Å². The third kappa shape index (κ3) is 4.06. The van der Waals surface area contributed by atoms with Crippen LogP contribution < -0.4 is 0 Å². The predicted molar refractivity (Wildman–Crippen MR) is 116 cm³/mol. The van der Waals surface area contributed by atoms with E-state index >= 15 is 0 Å². The molecule has 5 heteroatoms. The lowest BCUT2D eigenvalue weighted by molar-refractivity contribution is 0.185. The number of hydrogen-bond donors (Lipinski definition) is 0. The fourth-order valence-electron chi connectivity index (χ4n) is 3.99. The van der Waals surface area contributed by atoms with Crippen molar-refractivity contribution < 1.29 is 4.52 Å². The lowest BCUT2D eigenvalue weighted by Crippen LogP contribution is -2.35. The number of hydrogen-bond acceptors (Lipinski definition) is 5. The van der Waals surface area contributed by atoms with Gasteiger partial charge >= 0.3 is 0 Å². The normalized spacial score (nSPS) is 17.1. The molecule has 1 unspecified atom stereocenters. The molecule has 1 aliphatic heterocycles. The third-order valence-corrected chi connectivity index (χ3v) is 6.90. The van der Waals surface area contributed by atoms with Crippen LogP contribution in [0.5, 0.6) is 0 Å². The largest absolute Gasteiger partial charge is 0.360 e. The van der Waals surface area contributed by atoms with E-state index in [0.717, 1.165) is 34.2 Å². The molecule has 0 amide bonds. The molecule has 148 valence electrons. The summed E-state index contributed by atoms with van der Waals surface area (Å²) in [5, 5.41) is 7.75. The minimum atomic E-state index is 0.576. The SMILES string of the molecule is CCC(C)CN1CCC(c2nc(-c3c(-c4ccccc4)noc3C)cs2)CC1. The zero-order valence-corrected chi connectivity index (χ0v) is 17.8. The van der Waals surface area contributed by atoms with Gasteiger partial charge in [-0.1, -0.05) is 55.8 Å². The zero-order valence-electron chi connectivity index (χ0n) is 17.0. The van der Waals surface area contributed by atoms with Gasteiger partial charge in [-0.05, 0) is 38.8 Å². The van der Waals surface area contributed by atoms with Crippen molar-refractivity contribution in [2.24, 2.45) is 5.92 Å². The Morgan fingerprint density at radius 2 is 1.96 bits per heavy atom. The summed E-state index contributed by atoms with van der Waals surface area (Å²) in [4.78, 5) is 7.65. The highest BCUT2D eigenvalue weighted by Gasteiger charge is 2.25. The van der Waals surface area contributed by atoms with E-state index < -0.39 is 0 Å². The topological polar surface area (TPSA) is 42.2 Å². The van der Waals surface area contributed by atoms with E-state index in [1.807, 2.05) is 25.1 Å². The fourth-order valence-corrected chi connectivity index (χ4v) is 4.97. The third-order valence-electron chi connectivity index (χ3n) is 5.89. The van der Waals surface area contributed by atoms with Crippen molar-refractivity contribution in [1.29, 1.82) is 0 Å². The van der Waals surface area contributed by atoms with Gasteiger partial charge in [0.05, 0.1) is 16.3 Å². The molecule has 4 nitrogen and oxygen atoms in total. The first-order chi connectivity index (χ1) is 13.7. The molecule has 0 aliphatic carbocycles. The van der Waals surface area contributed by atoms with Gasteiger partial charge < -0.3 is 9.42 Å². The van der Waals surface area contributed by atoms with E-state index in [1.165, 1.54) is 43.9 Å². The van der Waals surface area contributed by atoms with Crippen LogP contribution in [-0.2, 0) is 0 Å². The monoisotopic (exact) mass is 395 g/mol. The van der Waals surface area contributed by atoms with Crippen LogP contribution in [-0.4, -0.2) is 34.7 Å². The second-order valence-corrected chi connectivity index (χ2v) is 8.88. The quantitative estimate of drug-likeness (QED) is 0.513. The molecule has 0 saturated carbocycles. The van der Waals surface area contributed by atoms with Gasteiger partial charge in [0.1, 0.15) is 11.5 Å². The molecule has 0 N–H and O–H groups in total. The molecular weight excluding hydrogens is 366 g/mol. The summed E-state index contributed by atoms with van der Waals surface area (Å²) >= 11 is 1.79. The van der Waals surface area contributed by atoms with E-state index in [1.54, 1.807) is 11.3 Å². The maximum Gasteiger partial charge on any atom is 0.143 e. The number of thiazole rings is 1. The summed E-state index contributed by atoms with van der Waals surface area (Å²) in [6.07, 6.45) is 3.67. The average Bonchev–Trinajstić information content (AvgIpc) is 3.35. The molecule has 1 aromatic carbocycles. The molecule has 0 spiro atoms. The fraction of sp³-hybridized carbons (Fsp3) is 0.478. The molecule has 0 bridgehead atoms. The number of aromatic nitrogens is 2. The number of likely N-dealkylation sites (tertiary alicyclic amines) is 1. The Kier molecular flexibility index (Phi) is 5.93. The number of aryl methyl sites for hydroxylation is 1. The summed E-state index contributed by atoms with van der Waals surface area (Å²) in [7, 11) is 0. The maximum atomic E-state index is 5.53. The van der Waals surface area contributed by atoms with Gasteiger partial charge in [0, 0.05) is 23.4 Å². The summed E-state index contributed by atoms with van der Waals surface area (Å²) < 4.78 is 5.53. The predicted octanol–water partition coefficient (Wildman–Crippen LogP) is 6.00. The summed E-state index contributed by atoms with van der Waals surface area (Å²) in [6.45, 7) is 10.2. The second-order valence-electron chi connectivity index (χ2n) is 7.99. The molecule has 1 atom stereocenters. The van der Waals surface area contributed by atoms with Crippen molar-refractivity contribution in [2.45, 2.75) is 46.0 Å². The Bertz CT molecular complexity index is 894. The van der Waals surface area contributed by atoms with E-state index in [-0.39, 0.29) is 0 Å². The highest BCUT2D eigenvalue weighted by Crippen LogP contribution is 2.37. The van der Waals surface area contributed by atoms with E-state index in [0.29, 0.717) is 5.92 Å². The van der Waals surface area contributed by atoms with Gasteiger partial charge in [0.25, 0.3) is 0 Å². The maximum absolute atomic E-state index is 5.53. The molecule has 2 aromatic heterocycles. The van der Waals surface area contributed by atoms with Crippen molar-refractivity contribution in [3.63, 3.8) is 0 Å². The van der Waals surface area contributed by atoms with Gasteiger partial charge in [-0.25, -0.2) is 4.98 Å². The highest BCUT2D eigenvalue weighted by molar-refractivity contribution is 7.10. The molecule has 3 aromatic rings. The van der Waals surface area contributed by atoms with Crippen LogP contribution in [0.2, 0.25) is 0 Å². The lowest BCUT2D eigenvalue weighted by atomic mass is 9.96. The Morgan fingerprint density at radius 1 is 1.21 bits per heavy atom. The Morgan fingerprint density at radius 3 is 2.68 bits per heavy atom. The van der Waals surface area contributed by atoms with Crippen molar-refractivity contribution in [1.82, 2.24) is 15.0 Å². The summed E-state index contributed by atoms with van der Waals surface area (Å²) in [6, 6.07) is 10.2. The number of piperidine rings is 1. The van der Waals surface area contributed by atoms with Crippen LogP contribution in [0, 0.1) is 12.8 Å². The van der Waals surface area contributed by atoms with Crippen LogP contribution in [0.25, 0.3) is 22.5 Å². The van der Waals surface area contributed by atoms with Gasteiger partial charge in [-0.2, -0.15) is 0 Å². The standard InChI is InChI=1S/C23H29N3OS/c1-4-16(2)14-26-12-10-19(11-13-26)23-24-20(15-28-23)21-17(3)27-25-22(21)18-8-6-5-7-9-18/h5-9,15-16,19H,4,10-14H2,1-3H3. The second kappa shape index (κ2) is 8.58. The van der Waals surface area contributed by atoms with Gasteiger partial charge in [-0.15, -0.1) is 11.3 Å².